The second-order valence-electron chi connectivity index (χ2n) is 5.27. The summed E-state index contributed by atoms with van der Waals surface area (Å²) < 4.78 is 0. The van der Waals surface area contributed by atoms with Crippen molar-refractivity contribution in [1.82, 2.24) is 0 Å². The van der Waals surface area contributed by atoms with E-state index < -0.39 is 0 Å². The Morgan fingerprint density at radius 3 is 2.30 bits per heavy atom. The maximum Gasteiger partial charge on any atom is 0.0624 e. The van der Waals surface area contributed by atoms with Crippen molar-refractivity contribution in [2.45, 2.75) is 26.2 Å². The highest BCUT2D eigenvalue weighted by atomic mass is 35.5. The average molecular weight is 308 g/mol. The van der Waals surface area contributed by atoms with Gasteiger partial charge in [-0.25, -0.2) is 0 Å². The quantitative estimate of drug-likeness (QED) is 0.854. The Morgan fingerprint density at radius 2 is 1.70 bits per heavy atom. The van der Waals surface area contributed by atoms with Crippen molar-refractivity contribution in [2.24, 2.45) is 5.73 Å². The van der Waals surface area contributed by atoms with E-state index >= 15 is 0 Å². The van der Waals surface area contributed by atoms with Crippen LogP contribution in [0.2, 0.25) is 10.0 Å². The predicted octanol–water partition coefficient (Wildman–Crippen LogP) is 4.90. The normalized spacial score (nSPS) is 12.4. The molecular formula is C17H19Cl2N. The SMILES string of the molecule is Cc1cc(C)cc(C(CN)Cc2cccc(Cl)c2Cl)c1. The molecule has 0 aromatic heterocycles. The molecular weight excluding hydrogens is 289 g/mol. The van der Waals surface area contributed by atoms with Crippen LogP contribution in [0.15, 0.2) is 36.4 Å². The Hall–Kier alpha value is -1.02. The van der Waals surface area contributed by atoms with Crippen LogP contribution in [0.5, 0.6) is 0 Å². The molecule has 2 N–H and O–H groups in total. The Bertz CT molecular complexity index is 588. The van der Waals surface area contributed by atoms with Crippen molar-refractivity contribution < 1.29 is 0 Å². The van der Waals surface area contributed by atoms with E-state index in [2.05, 4.69) is 32.0 Å². The number of hydrogen-bond donors (Lipinski definition) is 1. The second kappa shape index (κ2) is 6.62. The molecule has 2 aromatic rings. The van der Waals surface area contributed by atoms with Gasteiger partial charge in [-0.05, 0) is 44.0 Å². The largest absolute Gasteiger partial charge is 0.330 e. The highest BCUT2D eigenvalue weighted by Gasteiger charge is 2.14. The maximum absolute atomic E-state index is 6.27. The van der Waals surface area contributed by atoms with Gasteiger partial charge in [0.2, 0.25) is 0 Å². The zero-order valence-electron chi connectivity index (χ0n) is 11.8. The van der Waals surface area contributed by atoms with Gasteiger partial charge < -0.3 is 5.73 Å². The van der Waals surface area contributed by atoms with Crippen molar-refractivity contribution in [3.05, 3.63) is 68.7 Å². The number of rotatable bonds is 4. The molecule has 3 heteroatoms. The van der Waals surface area contributed by atoms with E-state index in [-0.39, 0.29) is 5.92 Å². The minimum atomic E-state index is 0.254. The fourth-order valence-electron chi connectivity index (χ4n) is 2.55. The minimum absolute atomic E-state index is 0.254. The monoisotopic (exact) mass is 307 g/mol. The molecule has 0 heterocycles. The molecule has 0 bridgehead atoms. The molecule has 1 unspecified atom stereocenters. The number of aryl methyl sites for hydroxylation is 2. The van der Waals surface area contributed by atoms with Crippen molar-refractivity contribution in [3.8, 4) is 0 Å². The maximum atomic E-state index is 6.27. The topological polar surface area (TPSA) is 26.0 Å². The Kier molecular flexibility index (Phi) is 5.09. The third-order valence-corrected chi connectivity index (χ3v) is 4.36. The van der Waals surface area contributed by atoms with Crippen LogP contribution in [0.25, 0.3) is 0 Å². The molecule has 0 aliphatic carbocycles. The van der Waals surface area contributed by atoms with E-state index in [4.69, 9.17) is 28.9 Å². The summed E-state index contributed by atoms with van der Waals surface area (Å²) in [7, 11) is 0. The zero-order chi connectivity index (χ0) is 14.7. The van der Waals surface area contributed by atoms with Crippen LogP contribution in [0.4, 0.5) is 0 Å². The molecule has 0 amide bonds. The van der Waals surface area contributed by atoms with Crippen LogP contribution < -0.4 is 5.73 Å². The average Bonchev–Trinajstić information content (AvgIpc) is 2.39. The molecule has 0 saturated carbocycles. The third-order valence-electron chi connectivity index (χ3n) is 3.50. The van der Waals surface area contributed by atoms with E-state index in [1.807, 2.05) is 18.2 Å². The molecule has 0 aliphatic rings. The number of nitrogens with two attached hydrogens (primary N) is 1. The lowest BCUT2D eigenvalue weighted by molar-refractivity contribution is 0.693. The summed E-state index contributed by atoms with van der Waals surface area (Å²) in [6.07, 6.45) is 0.804. The van der Waals surface area contributed by atoms with Crippen LogP contribution >= 0.6 is 23.2 Å². The van der Waals surface area contributed by atoms with Gasteiger partial charge in [-0.3, -0.25) is 0 Å². The van der Waals surface area contributed by atoms with Gasteiger partial charge in [0.25, 0.3) is 0 Å². The van der Waals surface area contributed by atoms with E-state index in [1.54, 1.807) is 0 Å². The lowest BCUT2D eigenvalue weighted by Gasteiger charge is -2.18. The van der Waals surface area contributed by atoms with E-state index in [9.17, 15) is 0 Å². The van der Waals surface area contributed by atoms with Crippen LogP contribution in [0.1, 0.15) is 28.2 Å². The molecule has 1 atom stereocenters. The van der Waals surface area contributed by atoms with Gasteiger partial charge in [-0.15, -0.1) is 0 Å². The van der Waals surface area contributed by atoms with Gasteiger partial charge in [0, 0.05) is 5.92 Å². The standard InChI is InChI=1S/C17H19Cl2N/c1-11-6-12(2)8-14(7-11)15(10-20)9-13-4-3-5-16(18)17(13)19/h3-8,15H,9-10,20H2,1-2H3. The first-order valence-corrected chi connectivity index (χ1v) is 7.48. The van der Waals surface area contributed by atoms with Gasteiger partial charge in [-0.2, -0.15) is 0 Å². The third kappa shape index (κ3) is 3.54. The van der Waals surface area contributed by atoms with Gasteiger partial charge in [0.1, 0.15) is 0 Å². The molecule has 1 nitrogen and oxygen atoms in total. The summed E-state index contributed by atoms with van der Waals surface area (Å²) >= 11 is 12.3. The number of hydrogen-bond acceptors (Lipinski definition) is 1. The van der Waals surface area contributed by atoms with Gasteiger partial charge in [-0.1, -0.05) is 64.7 Å². The molecule has 2 rings (SSSR count). The van der Waals surface area contributed by atoms with E-state index in [0.717, 1.165) is 12.0 Å². The Balaban J connectivity index is 2.31. The fraction of sp³-hybridized carbons (Fsp3) is 0.294. The van der Waals surface area contributed by atoms with Crippen molar-refractivity contribution >= 4 is 23.2 Å². The lowest BCUT2D eigenvalue weighted by Crippen LogP contribution is -2.15. The number of benzene rings is 2. The van der Waals surface area contributed by atoms with Crippen LogP contribution in [-0.4, -0.2) is 6.54 Å². The Morgan fingerprint density at radius 1 is 1.05 bits per heavy atom. The molecule has 0 saturated heterocycles. The lowest BCUT2D eigenvalue weighted by atomic mass is 9.90. The summed E-state index contributed by atoms with van der Waals surface area (Å²) in [6, 6.07) is 12.3. The molecule has 0 aliphatic heterocycles. The van der Waals surface area contributed by atoms with Gasteiger partial charge >= 0.3 is 0 Å². The second-order valence-corrected chi connectivity index (χ2v) is 6.06. The van der Waals surface area contributed by atoms with Crippen molar-refractivity contribution in [1.29, 1.82) is 0 Å². The van der Waals surface area contributed by atoms with Gasteiger partial charge in [0.05, 0.1) is 10.0 Å². The Labute approximate surface area is 130 Å². The minimum Gasteiger partial charge on any atom is -0.330 e. The molecule has 2 aromatic carbocycles. The van der Waals surface area contributed by atoms with E-state index in [0.29, 0.717) is 16.6 Å². The first-order valence-electron chi connectivity index (χ1n) is 6.72. The highest BCUT2D eigenvalue weighted by Crippen LogP contribution is 2.30. The molecule has 0 fully saturated rings. The fourth-order valence-corrected chi connectivity index (χ4v) is 2.95. The van der Waals surface area contributed by atoms with Crippen molar-refractivity contribution in [3.63, 3.8) is 0 Å². The summed E-state index contributed by atoms with van der Waals surface area (Å²) in [5.41, 5.74) is 10.8. The first-order chi connectivity index (χ1) is 9.51. The van der Waals surface area contributed by atoms with E-state index in [1.165, 1.54) is 16.7 Å². The molecule has 0 spiro atoms. The van der Waals surface area contributed by atoms with Crippen LogP contribution in [0, 0.1) is 13.8 Å². The molecule has 106 valence electrons. The summed E-state index contributed by atoms with van der Waals surface area (Å²) in [5, 5.41) is 1.23. The van der Waals surface area contributed by atoms with Crippen LogP contribution in [0.3, 0.4) is 0 Å². The summed E-state index contributed by atoms with van der Waals surface area (Å²) in [6.45, 7) is 4.80. The predicted molar refractivity (Wildman–Crippen MR) is 87.9 cm³/mol. The molecule has 20 heavy (non-hydrogen) atoms. The first kappa shape index (κ1) is 15.4. The van der Waals surface area contributed by atoms with Crippen molar-refractivity contribution in [2.75, 3.05) is 6.54 Å². The number of halogens is 2. The summed E-state index contributed by atoms with van der Waals surface area (Å²) in [4.78, 5) is 0. The van der Waals surface area contributed by atoms with Gasteiger partial charge in [0.15, 0.2) is 0 Å². The van der Waals surface area contributed by atoms with Crippen LogP contribution in [-0.2, 0) is 6.42 Å². The molecule has 0 radical (unpaired) electrons. The summed E-state index contributed by atoms with van der Waals surface area (Å²) in [5.74, 6) is 0.254. The highest BCUT2D eigenvalue weighted by molar-refractivity contribution is 6.42. The smallest absolute Gasteiger partial charge is 0.0624 e. The zero-order valence-corrected chi connectivity index (χ0v) is 13.3.